The fourth-order valence-electron chi connectivity index (χ4n) is 0.999. The fourth-order valence-corrected chi connectivity index (χ4v) is 0.999. The van der Waals surface area contributed by atoms with Crippen molar-refractivity contribution in [2.24, 2.45) is 17.1 Å². The molecule has 2 nitrogen and oxygen atoms in total. The Labute approximate surface area is 89.6 Å². The summed E-state index contributed by atoms with van der Waals surface area (Å²) in [7, 11) is 0. The second-order valence-corrected chi connectivity index (χ2v) is 5.75. The molecular formula is C12H28N2. The van der Waals surface area contributed by atoms with Crippen LogP contribution >= 0.6 is 0 Å². The van der Waals surface area contributed by atoms with E-state index in [9.17, 15) is 0 Å². The molecule has 0 aromatic heterocycles. The topological polar surface area (TPSA) is 38.0 Å². The number of nitrogens with one attached hydrogen (secondary N) is 1. The van der Waals surface area contributed by atoms with Gasteiger partial charge in [0, 0.05) is 18.6 Å². The third-order valence-corrected chi connectivity index (χ3v) is 3.48. The maximum Gasteiger partial charge on any atom is 0.0249 e. The smallest absolute Gasteiger partial charge is 0.0249 e. The number of hydrogen-bond acceptors (Lipinski definition) is 2. The van der Waals surface area contributed by atoms with Gasteiger partial charge >= 0.3 is 0 Å². The van der Waals surface area contributed by atoms with Crippen LogP contribution in [0.1, 0.15) is 48.0 Å². The van der Waals surface area contributed by atoms with Crippen molar-refractivity contribution in [3.8, 4) is 0 Å². The molecular weight excluding hydrogens is 172 g/mol. The van der Waals surface area contributed by atoms with Crippen LogP contribution in [0.25, 0.3) is 0 Å². The van der Waals surface area contributed by atoms with Crippen molar-refractivity contribution in [3.05, 3.63) is 0 Å². The molecule has 0 fully saturated rings. The van der Waals surface area contributed by atoms with E-state index in [0.29, 0.717) is 11.3 Å². The van der Waals surface area contributed by atoms with Crippen LogP contribution < -0.4 is 11.1 Å². The number of nitrogens with two attached hydrogens (primary N) is 1. The maximum atomic E-state index is 6.06. The van der Waals surface area contributed by atoms with Crippen LogP contribution in [0.4, 0.5) is 0 Å². The zero-order chi connectivity index (χ0) is 11.4. The Morgan fingerprint density at radius 1 is 1.14 bits per heavy atom. The van der Waals surface area contributed by atoms with Crippen LogP contribution in [0, 0.1) is 11.3 Å². The van der Waals surface area contributed by atoms with E-state index >= 15 is 0 Å². The minimum Gasteiger partial charge on any atom is -0.324 e. The average molecular weight is 200 g/mol. The van der Waals surface area contributed by atoms with Gasteiger partial charge in [0.2, 0.25) is 0 Å². The van der Waals surface area contributed by atoms with Gasteiger partial charge in [-0.2, -0.15) is 0 Å². The summed E-state index contributed by atoms with van der Waals surface area (Å²) in [6.45, 7) is 15.3. The molecule has 14 heavy (non-hydrogen) atoms. The van der Waals surface area contributed by atoms with Crippen LogP contribution in [-0.2, 0) is 0 Å². The molecule has 86 valence electrons. The molecule has 0 aliphatic heterocycles. The minimum absolute atomic E-state index is 0.0624. The standard InChI is InChI=1S/C12H28N2/c1-7-12(6,13)9-14-8-11(4,5)10(2)3/h10,14H,7-9,13H2,1-6H3. The molecule has 0 aliphatic carbocycles. The summed E-state index contributed by atoms with van der Waals surface area (Å²) in [5.41, 5.74) is 6.35. The molecule has 0 radical (unpaired) electrons. The third-order valence-electron chi connectivity index (χ3n) is 3.48. The van der Waals surface area contributed by atoms with Gasteiger partial charge in [-0.15, -0.1) is 0 Å². The average Bonchev–Trinajstić information content (AvgIpc) is 2.03. The minimum atomic E-state index is -0.0624. The lowest BCUT2D eigenvalue weighted by atomic mass is 9.81. The molecule has 0 aliphatic rings. The summed E-state index contributed by atoms with van der Waals surface area (Å²) in [6.07, 6.45) is 1.02. The van der Waals surface area contributed by atoms with Crippen LogP contribution in [0.2, 0.25) is 0 Å². The first-order valence-corrected chi connectivity index (χ1v) is 5.71. The zero-order valence-electron chi connectivity index (χ0n) is 10.8. The van der Waals surface area contributed by atoms with Crippen molar-refractivity contribution in [2.45, 2.75) is 53.5 Å². The summed E-state index contributed by atoms with van der Waals surface area (Å²) in [5.74, 6) is 0.695. The number of rotatable bonds is 6. The van der Waals surface area contributed by atoms with Crippen LogP contribution in [0.5, 0.6) is 0 Å². The SMILES string of the molecule is CCC(C)(N)CNCC(C)(C)C(C)C. The Morgan fingerprint density at radius 3 is 2.00 bits per heavy atom. The number of hydrogen-bond donors (Lipinski definition) is 2. The molecule has 0 rings (SSSR count). The highest BCUT2D eigenvalue weighted by Crippen LogP contribution is 2.24. The predicted molar refractivity (Wildman–Crippen MR) is 64.4 cm³/mol. The first-order valence-electron chi connectivity index (χ1n) is 5.71. The van der Waals surface area contributed by atoms with Crippen LogP contribution in [0.15, 0.2) is 0 Å². The molecule has 0 saturated carbocycles. The van der Waals surface area contributed by atoms with E-state index in [1.807, 2.05) is 0 Å². The Bertz CT molecular complexity index is 160. The lowest BCUT2D eigenvalue weighted by Crippen LogP contribution is -2.48. The Hall–Kier alpha value is -0.0800. The first kappa shape index (κ1) is 13.9. The van der Waals surface area contributed by atoms with Gasteiger partial charge in [0.25, 0.3) is 0 Å². The molecule has 1 unspecified atom stereocenters. The molecule has 0 saturated heterocycles. The highest BCUT2D eigenvalue weighted by atomic mass is 14.9. The fraction of sp³-hybridized carbons (Fsp3) is 1.00. The van der Waals surface area contributed by atoms with Crippen LogP contribution in [-0.4, -0.2) is 18.6 Å². The van der Waals surface area contributed by atoms with E-state index in [1.165, 1.54) is 0 Å². The summed E-state index contributed by atoms with van der Waals surface area (Å²) >= 11 is 0. The molecule has 3 N–H and O–H groups in total. The van der Waals surface area contributed by atoms with Crippen molar-refractivity contribution >= 4 is 0 Å². The quantitative estimate of drug-likeness (QED) is 0.691. The molecule has 1 atom stereocenters. The Morgan fingerprint density at radius 2 is 1.64 bits per heavy atom. The molecule has 0 bridgehead atoms. The van der Waals surface area contributed by atoms with Crippen molar-refractivity contribution in [3.63, 3.8) is 0 Å². The van der Waals surface area contributed by atoms with Crippen LogP contribution in [0.3, 0.4) is 0 Å². The van der Waals surface area contributed by atoms with Gasteiger partial charge in [-0.3, -0.25) is 0 Å². The second kappa shape index (κ2) is 5.13. The van der Waals surface area contributed by atoms with Crippen molar-refractivity contribution < 1.29 is 0 Å². The van der Waals surface area contributed by atoms with Gasteiger partial charge in [-0.25, -0.2) is 0 Å². The van der Waals surface area contributed by atoms with Gasteiger partial charge < -0.3 is 11.1 Å². The zero-order valence-corrected chi connectivity index (χ0v) is 10.8. The van der Waals surface area contributed by atoms with Crippen molar-refractivity contribution in [1.29, 1.82) is 0 Å². The van der Waals surface area contributed by atoms with Crippen molar-refractivity contribution in [1.82, 2.24) is 5.32 Å². The maximum absolute atomic E-state index is 6.06. The highest BCUT2D eigenvalue weighted by molar-refractivity contribution is 4.82. The highest BCUT2D eigenvalue weighted by Gasteiger charge is 2.23. The summed E-state index contributed by atoms with van der Waals surface area (Å²) in [4.78, 5) is 0. The normalized spacial score (nSPS) is 17.1. The van der Waals surface area contributed by atoms with Gasteiger partial charge in [0.15, 0.2) is 0 Å². The van der Waals surface area contributed by atoms with E-state index in [0.717, 1.165) is 19.5 Å². The lowest BCUT2D eigenvalue weighted by molar-refractivity contribution is 0.230. The molecule has 0 heterocycles. The summed E-state index contributed by atoms with van der Waals surface area (Å²) < 4.78 is 0. The van der Waals surface area contributed by atoms with Gasteiger partial charge in [-0.05, 0) is 24.7 Å². The monoisotopic (exact) mass is 200 g/mol. The summed E-state index contributed by atoms with van der Waals surface area (Å²) in [6, 6.07) is 0. The molecule has 0 spiro atoms. The van der Waals surface area contributed by atoms with Gasteiger partial charge in [-0.1, -0.05) is 34.6 Å². The third kappa shape index (κ3) is 4.97. The predicted octanol–water partition coefficient (Wildman–Crippen LogP) is 2.39. The summed E-state index contributed by atoms with van der Waals surface area (Å²) in [5, 5.41) is 3.47. The van der Waals surface area contributed by atoms with E-state index in [2.05, 4.69) is 46.9 Å². The molecule has 2 heteroatoms. The molecule has 0 amide bonds. The molecule has 0 aromatic carbocycles. The first-order chi connectivity index (χ1) is 6.21. The largest absolute Gasteiger partial charge is 0.324 e. The van der Waals surface area contributed by atoms with E-state index < -0.39 is 0 Å². The van der Waals surface area contributed by atoms with Crippen molar-refractivity contribution in [2.75, 3.05) is 13.1 Å². The van der Waals surface area contributed by atoms with E-state index in [4.69, 9.17) is 5.73 Å². The van der Waals surface area contributed by atoms with E-state index in [1.54, 1.807) is 0 Å². The second-order valence-electron chi connectivity index (χ2n) is 5.75. The van der Waals surface area contributed by atoms with Gasteiger partial charge in [0.1, 0.15) is 0 Å². The van der Waals surface area contributed by atoms with Gasteiger partial charge in [0.05, 0.1) is 0 Å². The Kier molecular flexibility index (Phi) is 5.10. The lowest BCUT2D eigenvalue weighted by Gasteiger charge is -2.32. The molecule has 0 aromatic rings. The Balaban J connectivity index is 3.85. The van der Waals surface area contributed by atoms with E-state index in [-0.39, 0.29) is 5.54 Å².